The maximum Gasteiger partial charge on any atom is 0.271 e. The molecule has 11 heteroatoms. The van der Waals surface area contributed by atoms with Crippen molar-refractivity contribution in [1.82, 2.24) is 9.78 Å². The van der Waals surface area contributed by atoms with Gasteiger partial charge in [-0.25, -0.2) is 0 Å². The van der Waals surface area contributed by atoms with E-state index in [0.29, 0.717) is 33.7 Å². The highest BCUT2D eigenvalue weighted by molar-refractivity contribution is 6.35. The summed E-state index contributed by atoms with van der Waals surface area (Å²) in [7, 11) is 0. The number of nitrogens with one attached hydrogen (secondary N) is 1. The minimum atomic E-state index is -0.529. The summed E-state index contributed by atoms with van der Waals surface area (Å²) in [6.45, 7) is 0.608. The molecular formula is C24H17Cl3N4O4. The molecular weight excluding hydrogens is 515 g/mol. The number of rotatable bonds is 8. The third-order valence-corrected chi connectivity index (χ3v) is 5.85. The number of anilines is 1. The van der Waals surface area contributed by atoms with E-state index in [1.165, 1.54) is 18.2 Å². The van der Waals surface area contributed by atoms with Crippen molar-refractivity contribution in [2.24, 2.45) is 0 Å². The van der Waals surface area contributed by atoms with E-state index in [-0.39, 0.29) is 23.2 Å². The summed E-state index contributed by atoms with van der Waals surface area (Å²) in [6.07, 6.45) is 1.74. The number of benzene rings is 3. The van der Waals surface area contributed by atoms with Crippen LogP contribution in [0.1, 0.15) is 21.5 Å². The van der Waals surface area contributed by atoms with E-state index in [4.69, 9.17) is 39.5 Å². The van der Waals surface area contributed by atoms with Crippen LogP contribution >= 0.6 is 34.8 Å². The molecule has 0 spiro atoms. The first kappa shape index (κ1) is 24.5. The second-order valence-electron chi connectivity index (χ2n) is 7.45. The van der Waals surface area contributed by atoms with Gasteiger partial charge in [0.05, 0.1) is 16.5 Å². The van der Waals surface area contributed by atoms with Crippen LogP contribution in [0.4, 0.5) is 11.5 Å². The molecule has 178 valence electrons. The Balaban J connectivity index is 1.33. The SMILES string of the molecule is O=C(Nc1ccn(Cc2ccc(Cl)cc2Cl)n1)c1ccc(COc2ccc([N+](=O)[O-])cc2Cl)cc1. The molecule has 0 atom stereocenters. The number of non-ortho nitro benzene ring substituents is 1. The van der Waals surface area contributed by atoms with E-state index < -0.39 is 4.92 Å². The molecule has 1 heterocycles. The molecule has 1 amide bonds. The second-order valence-corrected chi connectivity index (χ2v) is 8.70. The molecule has 4 rings (SSSR count). The van der Waals surface area contributed by atoms with Crippen LogP contribution in [0, 0.1) is 10.1 Å². The number of nitrogens with zero attached hydrogens (tertiary/aromatic N) is 3. The summed E-state index contributed by atoms with van der Waals surface area (Å²) < 4.78 is 7.30. The molecule has 3 aromatic carbocycles. The van der Waals surface area contributed by atoms with Gasteiger partial charge in [-0.1, -0.05) is 53.0 Å². The quantitative estimate of drug-likeness (QED) is 0.203. The minimum absolute atomic E-state index is 0.115. The number of aromatic nitrogens is 2. The van der Waals surface area contributed by atoms with Crippen molar-refractivity contribution >= 4 is 52.2 Å². The lowest BCUT2D eigenvalue weighted by molar-refractivity contribution is -0.384. The van der Waals surface area contributed by atoms with E-state index in [2.05, 4.69) is 10.4 Å². The monoisotopic (exact) mass is 530 g/mol. The zero-order chi connectivity index (χ0) is 24.9. The molecule has 0 fully saturated rings. The molecule has 4 aromatic rings. The first-order valence-electron chi connectivity index (χ1n) is 10.2. The summed E-state index contributed by atoms with van der Waals surface area (Å²) in [5.74, 6) is 0.417. The van der Waals surface area contributed by atoms with Crippen LogP contribution in [-0.2, 0) is 13.2 Å². The third kappa shape index (κ3) is 6.30. The first-order valence-corrected chi connectivity index (χ1v) is 11.4. The Hall–Kier alpha value is -3.59. The summed E-state index contributed by atoms with van der Waals surface area (Å²) in [4.78, 5) is 22.9. The number of nitro benzene ring substituents is 1. The second kappa shape index (κ2) is 10.8. The molecule has 0 unspecified atom stereocenters. The fourth-order valence-electron chi connectivity index (χ4n) is 3.16. The van der Waals surface area contributed by atoms with Crippen LogP contribution in [0.2, 0.25) is 15.1 Å². The summed E-state index contributed by atoms with van der Waals surface area (Å²) in [5, 5.41) is 19.2. The van der Waals surface area contributed by atoms with Crippen LogP contribution in [0.15, 0.2) is 72.9 Å². The number of carbonyl (C=O) groups excluding carboxylic acids is 1. The van der Waals surface area contributed by atoms with Gasteiger partial charge in [-0.05, 0) is 41.5 Å². The van der Waals surface area contributed by atoms with E-state index in [9.17, 15) is 14.9 Å². The highest BCUT2D eigenvalue weighted by Crippen LogP contribution is 2.29. The Kier molecular flexibility index (Phi) is 7.55. The van der Waals surface area contributed by atoms with Crippen LogP contribution in [0.5, 0.6) is 5.75 Å². The average Bonchev–Trinajstić information content (AvgIpc) is 3.27. The van der Waals surface area contributed by atoms with Crippen LogP contribution in [0.25, 0.3) is 0 Å². The summed E-state index contributed by atoms with van der Waals surface area (Å²) in [5.41, 5.74) is 1.97. The number of hydrogen-bond donors (Lipinski definition) is 1. The van der Waals surface area contributed by atoms with Gasteiger partial charge in [0.15, 0.2) is 5.82 Å². The van der Waals surface area contributed by atoms with Gasteiger partial charge in [0, 0.05) is 40.0 Å². The molecule has 0 saturated carbocycles. The normalized spacial score (nSPS) is 10.7. The Morgan fingerprint density at radius 2 is 1.77 bits per heavy atom. The number of amides is 1. The molecule has 0 aliphatic carbocycles. The van der Waals surface area contributed by atoms with Crippen molar-refractivity contribution in [3.05, 3.63) is 115 Å². The number of ether oxygens (including phenoxy) is 1. The maximum atomic E-state index is 12.6. The van der Waals surface area contributed by atoms with Gasteiger partial charge in [-0.2, -0.15) is 5.10 Å². The Bertz CT molecular complexity index is 1390. The van der Waals surface area contributed by atoms with Gasteiger partial charge >= 0.3 is 0 Å². The predicted octanol–water partition coefficient (Wildman–Crippen LogP) is 6.63. The molecule has 35 heavy (non-hydrogen) atoms. The van der Waals surface area contributed by atoms with Crippen molar-refractivity contribution in [1.29, 1.82) is 0 Å². The molecule has 8 nitrogen and oxygen atoms in total. The van der Waals surface area contributed by atoms with Crippen LogP contribution < -0.4 is 10.1 Å². The smallest absolute Gasteiger partial charge is 0.271 e. The van der Waals surface area contributed by atoms with Crippen molar-refractivity contribution in [2.75, 3.05) is 5.32 Å². The van der Waals surface area contributed by atoms with Crippen molar-refractivity contribution in [3.8, 4) is 5.75 Å². The lowest BCUT2D eigenvalue weighted by Crippen LogP contribution is -2.13. The zero-order valence-corrected chi connectivity index (χ0v) is 20.2. The Labute approximate surface area is 215 Å². The molecule has 0 aliphatic rings. The van der Waals surface area contributed by atoms with E-state index >= 15 is 0 Å². The van der Waals surface area contributed by atoms with Crippen molar-refractivity contribution in [2.45, 2.75) is 13.2 Å². The Morgan fingerprint density at radius 1 is 1.00 bits per heavy atom. The maximum absolute atomic E-state index is 12.6. The van der Waals surface area contributed by atoms with Gasteiger partial charge < -0.3 is 10.1 Å². The fraction of sp³-hybridized carbons (Fsp3) is 0.0833. The third-order valence-electron chi connectivity index (χ3n) is 4.97. The number of nitro groups is 1. The van der Waals surface area contributed by atoms with Crippen LogP contribution in [-0.4, -0.2) is 20.6 Å². The van der Waals surface area contributed by atoms with E-state index in [1.807, 2.05) is 6.07 Å². The fourth-order valence-corrected chi connectivity index (χ4v) is 3.86. The highest BCUT2D eigenvalue weighted by atomic mass is 35.5. The molecule has 1 N–H and O–H groups in total. The van der Waals surface area contributed by atoms with Crippen molar-refractivity contribution in [3.63, 3.8) is 0 Å². The Morgan fingerprint density at radius 3 is 2.46 bits per heavy atom. The lowest BCUT2D eigenvalue weighted by atomic mass is 10.1. The molecule has 0 saturated heterocycles. The molecule has 0 aliphatic heterocycles. The number of hydrogen-bond acceptors (Lipinski definition) is 5. The predicted molar refractivity (Wildman–Crippen MR) is 135 cm³/mol. The molecule has 0 radical (unpaired) electrons. The topological polar surface area (TPSA) is 99.3 Å². The van der Waals surface area contributed by atoms with Gasteiger partial charge in [0.25, 0.3) is 11.6 Å². The highest BCUT2D eigenvalue weighted by Gasteiger charge is 2.12. The van der Waals surface area contributed by atoms with Crippen LogP contribution in [0.3, 0.4) is 0 Å². The van der Waals surface area contributed by atoms with Gasteiger partial charge in [0.2, 0.25) is 0 Å². The first-order chi connectivity index (χ1) is 16.8. The van der Waals surface area contributed by atoms with E-state index in [1.54, 1.807) is 53.3 Å². The average molecular weight is 532 g/mol. The molecule has 1 aromatic heterocycles. The van der Waals surface area contributed by atoms with Gasteiger partial charge in [-0.15, -0.1) is 0 Å². The lowest BCUT2D eigenvalue weighted by Gasteiger charge is -2.09. The standard InChI is InChI=1S/C24H17Cl3N4O4/c25-18-6-5-17(20(26)11-18)13-30-10-9-23(29-30)28-24(32)16-3-1-15(2-4-16)14-35-22-8-7-19(31(33)34)12-21(22)27/h1-12H,13-14H2,(H,28,29,32). The summed E-state index contributed by atoms with van der Waals surface area (Å²) in [6, 6.07) is 17.8. The summed E-state index contributed by atoms with van der Waals surface area (Å²) >= 11 is 18.2. The van der Waals surface area contributed by atoms with Gasteiger partial charge in [-0.3, -0.25) is 19.6 Å². The zero-order valence-electron chi connectivity index (χ0n) is 18.0. The number of carbonyl (C=O) groups is 1. The minimum Gasteiger partial charge on any atom is -0.487 e. The largest absolute Gasteiger partial charge is 0.487 e. The van der Waals surface area contributed by atoms with E-state index in [0.717, 1.165) is 11.1 Å². The van der Waals surface area contributed by atoms with Crippen molar-refractivity contribution < 1.29 is 14.5 Å². The molecule has 0 bridgehead atoms. The number of halogens is 3. The van der Waals surface area contributed by atoms with Gasteiger partial charge in [0.1, 0.15) is 12.4 Å².